The Morgan fingerprint density at radius 2 is 2.00 bits per heavy atom. The fourth-order valence-electron chi connectivity index (χ4n) is 1.13. The molecule has 0 atom stereocenters. The summed E-state index contributed by atoms with van der Waals surface area (Å²) in [5, 5.41) is 1.33. The van der Waals surface area contributed by atoms with E-state index >= 15 is 0 Å². The summed E-state index contributed by atoms with van der Waals surface area (Å²) in [5.41, 5.74) is -0.0957. The molecule has 0 amide bonds. The standard InChI is InChI=1S/C9H11F3N2/c1-14(13)6-7-3-2-4-8(5-7)9(10,11)12/h2-5H,6,13H2,1H3. The highest BCUT2D eigenvalue weighted by molar-refractivity contribution is 5.25. The predicted octanol–water partition coefficient (Wildman–Crippen LogP) is 2.01. The van der Waals surface area contributed by atoms with Crippen molar-refractivity contribution in [3.8, 4) is 0 Å². The van der Waals surface area contributed by atoms with Crippen LogP contribution in [0.25, 0.3) is 0 Å². The van der Waals surface area contributed by atoms with Crippen LogP contribution in [0.4, 0.5) is 13.2 Å². The minimum absolute atomic E-state index is 0.296. The van der Waals surface area contributed by atoms with Crippen molar-refractivity contribution in [2.24, 2.45) is 5.84 Å². The maximum Gasteiger partial charge on any atom is 0.416 e. The average molecular weight is 204 g/mol. The van der Waals surface area contributed by atoms with Crippen molar-refractivity contribution in [1.82, 2.24) is 5.01 Å². The highest BCUT2D eigenvalue weighted by Crippen LogP contribution is 2.29. The number of nitrogens with two attached hydrogens (primary N) is 1. The number of hydrazine groups is 1. The molecule has 1 aromatic rings. The zero-order valence-corrected chi connectivity index (χ0v) is 7.67. The summed E-state index contributed by atoms with van der Waals surface area (Å²) in [6.07, 6.45) is -4.29. The third-order valence-corrected chi connectivity index (χ3v) is 1.69. The molecule has 0 unspecified atom stereocenters. The summed E-state index contributed by atoms with van der Waals surface area (Å²) in [7, 11) is 1.60. The molecule has 2 nitrogen and oxygen atoms in total. The zero-order chi connectivity index (χ0) is 10.8. The van der Waals surface area contributed by atoms with Crippen molar-refractivity contribution in [2.75, 3.05) is 7.05 Å². The number of halogens is 3. The molecular formula is C9H11F3N2. The second-order valence-electron chi connectivity index (χ2n) is 3.11. The van der Waals surface area contributed by atoms with Gasteiger partial charge in [-0.2, -0.15) is 13.2 Å². The number of nitrogens with zero attached hydrogens (tertiary/aromatic N) is 1. The van der Waals surface area contributed by atoms with E-state index in [0.29, 0.717) is 12.1 Å². The van der Waals surface area contributed by atoms with Crippen molar-refractivity contribution >= 4 is 0 Å². The molecule has 14 heavy (non-hydrogen) atoms. The van der Waals surface area contributed by atoms with E-state index in [2.05, 4.69) is 0 Å². The van der Waals surface area contributed by atoms with Crippen LogP contribution < -0.4 is 5.84 Å². The first-order chi connectivity index (χ1) is 6.39. The van der Waals surface area contributed by atoms with E-state index in [1.54, 1.807) is 13.1 Å². The minimum Gasteiger partial charge on any atom is -0.269 e. The summed E-state index contributed by atoms with van der Waals surface area (Å²) >= 11 is 0. The third-order valence-electron chi connectivity index (χ3n) is 1.69. The fourth-order valence-corrected chi connectivity index (χ4v) is 1.13. The lowest BCUT2D eigenvalue weighted by Gasteiger charge is -2.11. The van der Waals surface area contributed by atoms with Crippen molar-refractivity contribution in [1.29, 1.82) is 0 Å². The number of rotatable bonds is 2. The van der Waals surface area contributed by atoms with E-state index in [9.17, 15) is 13.2 Å². The molecule has 0 fully saturated rings. The van der Waals surface area contributed by atoms with Gasteiger partial charge in [-0.15, -0.1) is 0 Å². The number of hydrogen-bond donors (Lipinski definition) is 1. The lowest BCUT2D eigenvalue weighted by molar-refractivity contribution is -0.137. The second kappa shape index (κ2) is 3.98. The Bertz CT molecular complexity index is 307. The van der Waals surface area contributed by atoms with E-state index in [0.717, 1.165) is 12.1 Å². The van der Waals surface area contributed by atoms with E-state index in [1.807, 2.05) is 0 Å². The van der Waals surface area contributed by atoms with E-state index in [-0.39, 0.29) is 0 Å². The smallest absolute Gasteiger partial charge is 0.269 e. The normalized spacial score (nSPS) is 12.1. The highest BCUT2D eigenvalue weighted by Gasteiger charge is 2.30. The van der Waals surface area contributed by atoms with Gasteiger partial charge in [0.05, 0.1) is 5.56 Å². The van der Waals surface area contributed by atoms with Crippen LogP contribution in [0.1, 0.15) is 11.1 Å². The summed E-state index contributed by atoms with van der Waals surface area (Å²) in [5.74, 6) is 5.34. The van der Waals surface area contributed by atoms with Crippen molar-refractivity contribution in [3.05, 3.63) is 35.4 Å². The Labute approximate surface area is 80.1 Å². The van der Waals surface area contributed by atoms with Gasteiger partial charge in [0.1, 0.15) is 0 Å². The monoisotopic (exact) mass is 204 g/mol. The molecule has 0 saturated carbocycles. The van der Waals surface area contributed by atoms with Gasteiger partial charge in [0.25, 0.3) is 0 Å². The van der Waals surface area contributed by atoms with Crippen LogP contribution in [-0.2, 0) is 12.7 Å². The van der Waals surface area contributed by atoms with Crippen LogP contribution in [0.3, 0.4) is 0 Å². The van der Waals surface area contributed by atoms with Crippen molar-refractivity contribution < 1.29 is 13.2 Å². The van der Waals surface area contributed by atoms with E-state index in [4.69, 9.17) is 5.84 Å². The van der Waals surface area contributed by atoms with Crippen molar-refractivity contribution in [2.45, 2.75) is 12.7 Å². The Morgan fingerprint density at radius 3 is 2.50 bits per heavy atom. The molecule has 0 aliphatic heterocycles. The molecule has 0 aliphatic rings. The summed E-state index contributed by atoms with van der Waals surface area (Å²) in [4.78, 5) is 0. The molecule has 1 rings (SSSR count). The SMILES string of the molecule is CN(N)Cc1cccc(C(F)(F)F)c1. The van der Waals surface area contributed by atoms with Crippen LogP contribution in [0.15, 0.2) is 24.3 Å². The molecule has 0 saturated heterocycles. The van der Waals surface area contributed by atoms with Gasteiger partial charge in [-0.25, -0.2) is 5.01 Å². The number of hydrogen-bond acceptors (Lipinski definition) is 2. The van der Waals surface area contributed by atoms with E-state index in [1.165, 1.54) is 11.1 Å². The minimum atomic E-state index is -4.29. The topological polar surface area (TPSA) is 29.3 Å². The Morgan fingerprint density at radius 1 is 1.36 bits per heavy atom. The molecule has 5 heteroatoms. The summed E-state index contributed by atoms with van der Waals surface area (Å²) in [6.45, 7) is 0.296. The largest absolute Gasteiger partial charge is 0.416 e. The molecule has 0 aliphatic carbocycles. The van der Waals surface area contributed by atoms with Gasteiger partial charge in [-0.1, -0.05) is 18.2 Å². The van der Waals surface area contributed by atoms with Gasteiger partial charge < -0.3 is 0 Å². The van der Waals surface area contributed by atoms with Crippen molar-refractivity contribution in [3.63, 3.8) is 0 Å². The van der Waals surface area contributed by atoms with E-state index < -0.39 is 11.7 Å². The fraction of sp³-hybridized carbons (Fsp3) is 0.333. The van der Waals surface area contributed by atoms with Crippen LogP contribution >= 0.6 is 0 Å². The molecule has 2 N–H and O–H groups in total. The maximum absolute atomic E-state index is 12.3. The first kappa shape index (κ1) is 11.0. The molecule has 0 aromatic heterocycles. The molecule has 78 valence electrons. The van der Waals surface area contributed by atoms with Crippen LogP contribution in [-0.4, -0.2) is 12.1 Å². The lowest BCUT2D eigenvalue weighted by Crippen LogP contribution is -2.25. The van der Waals surface area contributed by atoms with Gasteiger partial charge >= 0.3 is 6.18 Å². The summed E-state index contributed by atoms with van der Waals surface area (Å²) in [6, 6.07) is 5.13. The van der Waals surface area contributed by atoms with Crippen LogP contribution in [0.2, 0.25) is 0 Å². The Balaban J connectivity index is 2.90. The molecular weight excluding hydrogens is 193 g/mol. The first-order valence-corrected chi connectivity index (χ1v) is 4.01. The average Bonchev–Trinajstić information content (AvgIpc) is 2.01. The third kappa shape index (κ3) is 3.01. The van der Waals surface area contributed by atoms with Gasteiger partial charge in [0.2, 0.25) is 0 Å². The Hall–Kier alpha value is -1.07. The molecule has 1 aromatic carbocycles. The lowest BCUT2D eigenvalue weighted by atomic mass is 10.1. The van der Waals surface area contributed by atoms with Crippen LogP contribution in [0.5, 0.6) is 0 Å². The molecule has 0 radical (unpaired) electrons. The quantitative estimate of drug-likeness (QED) is 0.589. The maximum atomic E-state index is 12.3. The number of alkyl halides is 3. The molecule has 0 spiro atoms. The molecule has 0 bridgehead atoms. The zero-order valence-electron chi connectivity index (χ0n) is 7.67. The first-order valence-electron chi connectivity index (χ1n) is 4.01. The van der Waals surface area contributed by atoms with Crippen LogP contribution in [0, 0.1) is 0 Å². The predicted molar refractivity (Wildman–Crippen MR) is 47.1 cm³/mol. The van der Waals surface area contributed by atoms with Gasteiger partial charge in [0.15, 0.2) is 0 Å². The second-order valence-corrected chi connectivity index (χ2v) is 3.11. The van der Waals surface area contributed by atoms with Gasteiger partial charge in [-0.05, 0) is 11.6 Å². The van der Waals surface area contributed by atoms with Gasteiger partial charge in [-0.3, -0.25) is 5.84 Å². The number of benzene rings is 1. The highest BCUT2D eigenvalue weighted by atomic mass is 19.4. The summed E-state index contributed by atoms with van der Waals surface area (Å²) < 4.78 is 36.8. The molecule has 0 heterocycles. The van der Waals surface area contributed by atoms with Gasteiger partial charge in [0, 0.05) is 13.6 Å². The Kier molecular flexibility index (Phi) is 3.13.